The average Bonchev–Trinajstić information content (AvgIpc) is 3.20. The standard InChI is InChI=1S/C25H21N.C23H20O/c1-2-24(21-11-5-3-6-12-21)25(22-13-7-4-8-14-22)23-17-15-20(16-18-23)10-9-19-26;1-2-22(19-9-5-3-6-10-19)23(20-11-7-4-8-12-20)21-15-13-18(17-24)14-16-21/h3-18H,2H2,1H3;3-17H,2H2,1H3/b10-9+,25-24-;23-22-. The molecule has 0 saturated heterocycles. The summed E-state index contributed by atoms with van der Waals surface area (Å²) in [5.74, 6) is 0. The normalized spacial score (nSPS) is 11.8. The van der Waals surface area contributed by atoms with Crippen molar-refractivity contribution in [3.8, 4) is 6.07 Å². The highest BCUT2D eigenvalue weighted by molar-refractivity contribution is 5.99. The zero-order valence-corrected chi connectivity index (χ0v) is 28.7. The van der Waals surface area contributed by atoms with Crippen LogP contribution in [0.5, 0.6) is 0 Å². The van der Waals surface area contributed by atoms with Crippen molar-refractivity contribution in [2.24, 2.45) is 0 Å². The van der Waals surface area contributed by atoms with E-state index in [0.717, 1.165) is 30.3 Å². The summed E-state index contributed by atoms with van der Waals surface area (Å²) in [6.07, 6.45) is 6.10. The van der Waals surface area contributed by atoms with Gasteiger partial charge in [0, 0.05) is 11.6 Å². The summed E-state index contributed by atoms with van der Waals surface area (Å²) >= 11 is 0. The Hall–Kier alpha value is -6.30. The van der Waals surface area contributed by atoms with Crippen molar-refractivity contribution in [3.05, 3.63) is 220 Å². The molecule has 0 unspecified atom stereocenters. The number of nitriles is 1. The van der Waals surface area contributed by atoms with Gasteiger partial charge in [-0.15, -0.1) is 0 Å². The van der Waals surface area contributed by atoms with Gasteiger partial charge in [0.05, 0.1) is 6.07 Å². The number of carbonyl (C=O) groups excluding carboxylic acids is 1. The van der Waals surface area contributed by atoms with Gasteiger partial charge >= 0.3 is 0 Å². The van der Waals surface area contributed by atoms with Gasteiger partial charge in [-0.1, -0.05) is 184 Å². The Kier molecular flexibility index (Phi) is 12.8. The van der Waals surface area contributed by atoms with Crippen LogP contribution in [0.2, 0.25) is 0 Å². The molecule has 0 amide bonds. The lowest BCUT2D eigenvalue weighted by Crippen LogP contribution is -1.95. The minimum Gasteiger partial charge on any atom is -0.298 e. The van der Waals surface area contributed by atoms with Crippen LogP contribution in [0.1, 0.15) is 76.0 Å². The molecule has 0 saturated carbocycles. The van der Waals surface area contributed by atoms with Crippen LogP contribution in [0.3, 0.4) is 0 Å². The van der Waals surface area contributed by atoms with Gasteiger partial charge in [-0.3, -0.25) is 4.79 Å². The lowest BCUT2D eigenvalue weighted by atomic mass is 9.88. The van der Waals surface area contributed by atoms with E-state index in [4.69, 9.17) is 5.26 Å². The molecule has 0 aromatic heterocycles. The lowest BCUT2D eigenvalue weighted by Gasteiger charge is -2.16. The van der Waals surface area contributed by atoms with Crippen LogP contribution >= 0.6 is 0 Å². The Morgan fingerprint density at radius 3 is 1.10 bits per heavy atom. The third kappa shape index (κ3) is 8.98. The Balaban J connectivity index is 0.000000195. The first-order chi connectivity index (χ1) is 24.7. The zero-order chi connectivity index (χ0) is 35.0. The van der Waals surface area contributed by atoms with Gasteiger partial charge in [-0.2, -0.15) is 5.26 Å². The first kappa shape index (κ1) is 35.0. The highest BCUT2D eigenvalue weighted by atomic mass is 16.1. The van der Waals surface area contributed by atoms with Gasteiger partial charge in [0.2, 0.25) is 0 Å². The number of rotatable bonds is 10. The average molecular weight is 648 g/mol. The Morgan fingerprint density at radius 2 is 0.780 bits per heavy atom. The van der Waals surface area contributed by atoms with Crippen molar-refractivity contribution in [1.82, 2.24) is 0 Å². The molecule has 0 spiro atoms. The Labute approximate surface area is 297 Å². The number of carbonyl (C=O) groups is 1. The van der Waals surface area contributed by atoms with Crippen LogP contribution in [-0.4, -0.2) is 6.29 Å². The molecule has 0 radical (unpaired) electrons. The summed E-state index contributed by atoms with van der Waals surface area (Å²) in [4.78, 5) is 11.0. The molecule has 6 aromatic rings. The molecular weight excluding hydrogens is 607 g/mol. The fourth-order valence-corrected chi connectivity index (χ4v) is 6.19. The van der Waals surface area contributed by atoms with Crippen molar-refractivity contribution >= 4 is 34.7 Å². The second kappa shape index (κ2) is 18.3. The topological polar surface area (TPSA) is 40.9 Å². The van der Waals surface area contributed by atoms with Crippen LogP contribution in [0.4, 0.5) is 0 Å². The van der Waals surface area contributed by atoms with Crippen LogP contribution in [0.15, 0.2) is 176 Å². The quantitative estimate of drug-likeness (QED) is 0.0843. The molecule has 0 N–H and O–H groups in total. The van der Waals surface area contributed by atoms with Crippen molar-refractivity contribution in [1.29, 1.82) is 5.26 Å². The van der Waals surface area contributed by atoms with Crippen LogP contribution in [0, 0.1) is 11.3 Å². The van der Waals surface area contributed by atoms with Gasteiger partial charge in [0.1, 0.15) is 6.29 Å². The molecule has 50 heavy (non-hydrogen) atoms. The van der Waals surface area contributed by atoms with Crippen molar-refractivity contribution < 1.29 is 4.79 Å². The summed E-state index contributed by atoms with van der Waals surface area (Å²) in [6.45, 7) is 4.39. The lowest BCUT2D eigenvalue weighted by molar-refractivity contribution is 0.112. The second-order valence-corrected chi connectivity index (χ2v) is 11.7. The van der Waals surface area contributed by atoms with Crippen LogP contribution < -0.4 is 0 Å². The summed E-state index contributed by atoms with van der Waals surface area (Å²) in [5.41, 5.74) is 14.1. The zero-order valence-electron chi connectivity index (χ0n) is 28.7. The number of benzene rings is 6. The van der Waals surface area contributed by atoms with E-state index < -0.39 is 0 Å². The van der Waals surface area contributed by atoms with E-state index in [1.165, 1.54) is 56.2 Å². The number of hydrogen-bond acceptors (Lipinski definition) is 2. The van der Waals surface area contributed by atoms with Gasteiger partial charge < -0.3 is 0 Å². The first-order valence-corrected chi connectivity index (χ1v) is 17.1. The van der Waals surface area contributed by atoms with Crippen molar-refractivity contribution in [2.75, 3.05) is 0 Å². The molecule has 0 fully saturated rings. The monoisotopic (exact) mass is 647 g/mol. The molecule has 2 nitrogen and oxygen atoms in total. The van der Waals surface area contributed by atoms with E-state index in [2.05, 4.69) is 141 Å². The summed E-state index contributed by atoms with van der Waals surface area (Å²) in [5, 5.41) is 8.71. The molecule has 0 aliphatic carbocycles. The third-order valence-electron chi connectivity index (χ3n) is 8.57. The van der Waals surface area contributed by atoms with E-state index in [9.17, 15) is 4.79 Å². The van der Waals surface area contributed by atoms with Gasteiger partial charge in [0.25, 0.3) is 0 Å². The highest BCUT2D eigenvalue weighted by Gasteiger charge is 2.14. The maximum atomic E-state index is 11.0. The molecule has 0 atom stereocenters. The molecule has 2 heteroatoms. The number of allylic oxidation sites excluding steroid dienone is 3. The molecule has 0 aliphatic rings. The summed E-state index contributed by atoms with van der Waals surface area (Å²) < 4.78 is 0. The molecule has 0 heterocycles. The van der Waals surface area contributed by atoms with E-state index >= 15 is 0 Å². The Bertz CT molecular complexity index is 2080. The minimum absolute atomic E-state index is 0.698. The molecule has 6 aromatic carbocycles. The second-order valence-electron chi connectivity index (χ2n) is 11.7. The maximum Gasteiger partial charge on any atom is 0.150 e. The minimum atomic E-state index is 0.698. The van der Waals surface area contributed by atoms with Gasteiger partial charge in [0.15, 0.2) is 0 Å². The maximum absolute atomic E-state index is 11.0. The predicted octanol–water partition coefficient (Wildman–Crippen LogP) is 12.5. The molecule has 244 valence electrons. The van der Waals surface area contributed by atoms with Crippen molar-refractivity contribution in [3.63, 3.8) is 0 Å². The number of hydrogen-bond donors (Lipinski definition) is 0. The SMILES string of the molecule is CC/C(=C(\c1ccccc1)c1ccc(/C=C/C#N)cc1)c1ccccc1.CC/C(=C(\c1ccccc1)c1ccc(C=O)cc1)c1ccccc1. The van der Waals surface area contributed by atoms with E-state index in [1.807, 2.05) is 54.6 Å². The van der Waals surface area contributed by atoms with Gasteiger partial charge in [-0.25, -0.2) is 0 Å². The first-order valence-electron chi connectivity index (χ1n) is 17.1. The van der Waals surface area contributed by atoms with Gasteiger partial charge in [-0.05, 0) is 80.2 Å². The van der Waals surface area contributed by atoms with E-state index in [0.29, 0.717) is 5.56 Å². The molecule has 0 bridgehead atoms. The smallest absolute Gasteiger partial charge is 0.150 e. The fraction of sp³-hybridized carbons (Fsp3) is 0.0833. The molecule has 0 aliphatic heterocycles. The fourth-order valence-electron chi connectivity index (χ4n) is 6.19. The number of nitrogens with zero attached hydrogens (tertiary/aromatic N) is 1. The van der Waals surface area contributed by atoms with E-state index in [-0.39, 0.29) is 0 Å². The predicted molar refractivity (Wildman–Crippen MR) is 211 cm³/mol. The largest absolute Gasteiger partial charge is 0.298 e. The molecular formula is C48H41NO. The summed E-state index contributed by atoms with van der Waals surface area (Å²) in [6, 6.07) is 60.3. The Morgan fingerprint density at radius 1 is 0.460 bits per heavy atom. The van der Waals surface area contributed by atoms with Crippen molar-refractivity contribution in [2.45, 2.75) is 26.7 Å². The third-order valence-corrected chi connectivity index (χ3v) is 8.57. The van der Waals surface area contributed by atoms with E-state index in [1.54, 1.807) is 0 Å². The van der Waals surface area contributed by atoms with Crippen LogP contribution in [-0.2, 0) is 0 Å². The molecule has 6 rings (SSSR count). The van der Waals surface area contributed by atoms with Crippen LogP contribution in [0.25, 0.3) is 28.4 Å². The highest BCUT2D eigenvalue weighted by Crippen LogP contribution is 2.35. The number of aldehydes is 1. The summed E-state index contributed by atoms with van der Waals surface area (Å²) in [7, 11) is 0.